The summed E-state index contributed by atoms with van der Waals surface area (Å²) in [7, 11) is 0. The van der Waals surface area contributed by atoms with Crippen molar-refractivity contribution in [2.24, 2.45) is 0 Å². The van der Waals surface area contributed by atoms with E-state index in [1.54, 1.807) is 0 Å². The van der Waals surface area contributed by atoms with Gasteiger partial charge in [0.25, 0.3) is 0 Å². The van der Waals surface area contributed by atoms with Crippen LogP contribution in [-0.4, -0.2) is 11.4 Å². The van der Waals surface area contributed by atoms with Crippen LogP contribution in [0, 0.1) is 0 Å². The molecule has 0 aromatic heterocycles. The Morgan fingerprint density at radius 2 is 1.89 bits per heavy atom. The number of hydrogen-bond donors (Lipinski definition) is 1. The lowest BCUT2D eigenvalue weighted by Crippen LogP contribution is -2.35. The molecule has 4 heteroatoms. The van der Waals surface area contributed by atoms with Gasteiger partial charge in [-0.1, -0.05) is 42.5 Å². The second kappa shape index (κ2) is 7.00. The minimum absolute atomic E-state index is 0.227. The number of hydrogen-bond acceptors (Lipinski definition) is 1. The van der Waals surface area contributed by atoms with Gasteiger partial charge in [0.15, 0.2) is 0 Å². The van der Waals surface area contributed by atoms with Crippen molar-refractivity contribution in [2.75, 3.05) is 0 Å². The maximum Gasteiger partial charge on any atom is 0.0489 e. The Balaban J connectivity index is 1.95. The molecular weight excluding hydrogens is 289 g/mol. The van der Waals surface area contributed by atoms with Gasteiger partial charge in [0.2, 0.25) is 0 Å². The fraction of sp³-hybridized carbons (Fsp3) is 0.571. The van der Waals surface area contributed by atoms with Gasteiger partial charge in [-0.15, -0.1) is 11.6 Å². The second-order valence-electron chi connectivity index (χ2n) is 4.88. The summed E-state index contributed by atoms with van der Waals surface area (Å²) in [6, 6.07) is 5.94. The molecular formula is C14H18Cl3N. The molecule has 2 unspecified atom stereocenters. The van der Waals surface area contributed by atoms with Gasteiger partial charge in [-0.3, -0.25) is 0 Å². The molecule has 1 N–H and O–H groups in total. The van der Waals surface area contributed by atoms with E-state index in [0.29, 0.717) is 6.04 Å². The first-order valence-corrected chi connectivity index (χ1v) is 7.67. The summed E-state index contributed by atoms with van der Waals surface area (Å²) in [5.74, 6) is 0. The molecule has 2 rings (SSSR count). The molecule has 0 amide bonds. The zero-order valence-electron chi connectivity index (χ0n) is 10.3. The Hall–Kier alpha value is 0.0500. The number of benzene rings is 1. The molecule has 18 heavy (non-hydrogen) atoms. The van der Waals surface area contributed by atoms with Crippen molar-refractivity contribution in [3.63, 3.8) is 0 Å². The maximum atomic E-state index is 6.40. The smallest absolute Gasteiger partial charge is 0.0489 e. The summed E-state index contributed by atoms with van der Waals surface area (Å²) in [6.45, 7) is 0.729. The predicted octanol–water partition coefficient (Wildman–Crippen LogP) is 5.02. The molecule has 1 aliphatic carbocycles. The van der Waals surface area contributed by atoms with E-state index in [0.717, 1.165) is 35.0 Å². The molecule has 2 atom stereocenters. The average molecular weight is 307 g/mol. The molecule has 1 fully saturated rings. The lowest BCUT2D eigenvalue weighted by Gasteiger charge is -2.21. The largest absolute Gasteiger partial charge is 0.308 e. The van der Waals surface area contributed by atoms with Crippen molar-refractivity contribution in [2.45, 2.75) is 50.1 Å². The van der Waals surface area contributed by atoms with E-state index in [9.17, 15) is 0 Å². The highest BCUT2D eigenvalue weighted by molar-refractivity contribution is 6.33. The molecule has 1 nitrogen and oxygen atoms in total. The van der Waals surface area contributed by atoms with Gasteiger partial charge in [-0.2, -0.15) is 0 Å². The zero-order chi connectivity index (χ0) is 13.0. The van der Waals surface area contributed by atoms with Crippen molar-refractivity contribution in [3.05, 3.63) is 33.8 Å². The van der Waals surface area contributed by atoms with Crippen LogP contribution in [0.25, 0.3) is 0 Å². The van der Waals surface area contributed by atoms with Crippen LogP contribution >= 0.6 is 34.8 Å². The topological polar surface area (TPSA) is 12.0 Å². The predicted molar refractivity (Wildman–Crippen MR) is 79.8 cm³/mol. The number of alkyl halides is 1. The molecule has 1 aromatic rings. The Bertz CT molecular complexity index is 395. The van der Waals surface area contributed by atoms with Crippen LogP contribution in [0.5, 0.6) is 0 Å². The van der Waals surface area contributed by atoms with Gasteiger partial charge in [0.1, 0.15) is 0 Å². The Morgan fingerprint density at radius 3 is 2.72 bits per heavy atom. The van der Waals surface area contributed by atoms with Crippen molar-refractivity contribution in [1.29, 1.82) is 0 Å². The molecule has 0 radical (unpaired) electrons. The van der Waals surface area contributed by atoms with E-state index in [-0.39, 0.29) is 5.38 Å². The Kier molecular flexibility index (Phi) is 5.62. The summed E-state index contributed by atoms with van der Waals surface area (Å²) in [5.41, 5.74) is 1.04. The van der Waals surface area contributed by atoms with Crippen LogP contribution in [-0.2, 0) is 6.54 Å². The van der Waals surface area contributed by atoms with E-state index in [2.05, 4.69) is 5.32 Å². The van der Waals surface area contributed by atoms with Crippen molar-refractivity contribution in [3.8, 4) is 0 Å². The SMILES string of the molecule is Clc1ccc(Cl)c(CNC2CCCCCC2Cl)c1. The Labute approximate surface area is 124 Å². The van der Waals surface area contributed by atoms with Crippen LogP contribution in [0.1, 0.15) is 37.7 Å². The molecule has 1 aliphatic rings. The van der Waals surface area contributed by atoms with Crippen LogP contribution in [0.2, 0.25) is 10.0 Å². The van der Waals surface area contributed by atoms with Gasteiger partial charge in [0, 0.05) is 28.0 Å². The summed E-state index contributed by atoms with van der Waals surface area (Å²) in [6.07, 6.45) is 6.03. The molecule has 0 aliphatic heterocycles. The van der Waals surface area contributed by atoms with Crippen molar-refractivity contribution < 1.29 is 0 Å². The van der Waals surface area contributed by atoms with Gasteiger partial charge in [-0.25, -0.2) is 0 Å². The van der Waals surface area contributed by atoms with Gasteiger partial charge < -0.3 is 5.32 Å². The highest BCUT2D eigenvalue weighted by Crippen LogP contribution is 2.24. The fourth-order valence-electron chi connectivity index (χ4n) is 2.41. The van der Waals surface area contributed by atoms with E-state index in [1.165, 1.54) is 19.3 Å². The van der Waals surface area contributed by atoms with E-state index in [1.807, 2.05) is 18.2 Å². The first kappa shape index (κ1) is 14.5. The summed E-state index contributed by atoms with van der Waals surface area (Å²) in [4.78, 5) is 0. The summed E-state index contributed by atoms with van der Waals surface area (Å²) >= 11 is 18.5. The summed E-state index contributed by atoms with van der Waals surface area (Å²) in [5, 5.41) is 5.23. The molecule has 0 saturated heterocycles. The Morgan fingerprint density at radius 1 is 1.11 bits per heavy atom. The maximum absolute atomic E-state index is 6.40. The monoisotopic (exact) mass is 305 g/mol. The van der Waals surface area contributed by atoms with Crippen molar-refractivity contribution in [1.82, 2.24) is 5.32 Å². The first-order valence-electron chi connectivity index (χ1n) is 6.48. The van der Waals surface area contributed by atoms with Gasteiger partial charge in [-0.05, 0) is 36.6 Å². The summed E-state index contributed by atoms with van der Waals surface area (Å²) < 4.78 is 0. The third-order valence-corrected chi connectivity index (χ3v) is 4.62. The van der Waals surface area contributed by atoms with E-state index < -0.39 is 0 Å². The van der Waals surface area contributed by atoms with E-state index >= 15 is 0 Å². The van der Waals surface area contributed by atoms with Crippen LogP contribution in [0.4, 0.5) is 0 Å². The number of rotatable bonds is 3. The standard InChI is InChI=1S/C14H18Cl3N/c15-11-6-7-12(16)10(8-11)9-18-14-5-3-1-2-4-13(14)17/h6-8,13-14,18H,1-5,9H2. The minimum atomic E-state index is 0.227. The number of halogens is 3. The highest BCUT2D eigenvalue weighted by atomic mass is 35.5. The van der Waals surface area contributed by atoms with Crippen molar-refractivity contribution >= 4 is 34.8 Å². The van der Waals surface area contributed by atoms with Crippen LogP contribution in [0.15, 0.2) is 18.2 Å². The molecule has 0 spiro atoms. The average Bonchev–Trinajstić information content (AvgIpc) is 2.55. The fourth-order valence-corrected chi connectivity index (χ4v) is 3.16. The zero-order valence-corrected chi connectivity index (χ0v) is 12.5. The first-order chi connectivity index (χ1) is 8.66. The normalized spacial score (nSPS) is 24.8. The van der Waals surface area contributed by atoms with Crippen LogP contribution < -0.4 is 5.32 Å². The molecule has 1 saturated carbocycles. The van der Waals surface area contributed by atoms with Crippen LogP contribution in [0.3, 0.4) is 0 Å². The number of nitrogens with one attached hydrogen (secondary N) is 1. The quantitative estimate of drug-likeness (QED) is 0.610. The molecule has 1 aromatic carbocycles. The lowest BCUT2D eigenvalue weighted by molar-refractivity contribution is 0.465. The van der Waals surface area contributed by atoms with Gasteiger partial charge in [0.05, 0.1) is 0 Å². The van der Waals surface area contributed by atoms with E-state index in [4.69, 9.17) is 34.8 Å². The molecule has 100 valence electrons. The third-order valence-electron chi connectivity index (χ3n) is 3.49. The molecule has 0 bridgehead atoms. The lowest BCUT2D eigenvalue weighted by atomic mass is 10.1. The van der Waals surface area contributed by atoms with Gasteiger partial charge >= 0.3 is 0 Å². The highest BCUT2D eigenvalue weighted by Gasteiger charge is 2.21. The minimum Gasteiger partial charge on any atom is -0.308 e. The second-order valence-corrected chi connectivity index (χ2v) is 6.28. The third kappa shape index (κ3) is 4.03. The molecule has 0 heterocycles.